The summed E-state index contributed by atoms with van der Waals surface area (Å²) >= 11 is 0. The third kappa shape index (κ3) is 9.70. The van der Waals surface area contributed by atoms with Crippen molar-refractivity contribution in [2.45, 2.75) is 59.5 Å². The van der Waals surface area contributed by atoms with Crippen LogP contribution in [-0.4, -0.2) is 62.2 Å². The molecule has 0 saturated carbocycles. The first-order valence-electron chi connectivity index (χ1n) is 11.7. The summed E-state index contributed by atoms with van der Waals surface area (Å²) < 4.78 is 5.53. The van der Waals surface area contributed by atoms with E-state index in [1.807, 2.05) is 31.2 Å². The maximum absolute atomic E-state index is 11.7. The highest BCUT2D eigenvalue weighted by Crippen LogP contribution is 2.13. The minimum Gasteiger partial charge on any atom is -0.379 e. The molecule has 1 unspecified atom stereocenters. The molecule has 2 rings (SSSR count). The Kier molecular flexibility index (Phi) is 11.4. The third-order valence-corrected chi connectivity index (χ3v) is 5.29. The van der Waals surface area contributed by atoms with Gasteiger partial charge in [0.2, 0.25) is 5.91 Å². The molecule has 7 heteroatoms. The van der Waals surface area contributed by atoms with Crippen molar-refractivity contribution in [1.82, 2.24) is 15.5 Å². The summed E-state index contributed by atoms with van der Waals surface area (Å²) in [6, 6.07) is 8.39. The smallest absolute Gasteiger partial charge is 0.224 e. The molecule has 0 aromatic heterocycles. The van der Waals surface area contributed by atoms with E-state index in [1.165, 1.54) is 0 Å². The predicted octanol–water partition coefficient (Wildman–Crippen LogP) is 3.23. The topological polar surface area (TPSA) is 78.0 Å². The highest BCUT2D eigenvalue weighted by molar-refractivity contribution is 5.90. The van der Waals surface area contributed by atoms with Gasteiger partial charge in [-0.15, -0.1) is 0 Å². The maximum atomic E-state index is 11.7. The second-order valence-corrected chi connectivity index (χ2v) is 8.50. The molecular formula is C24H41N5O2. The van der Waals surface area contributed by atoms with Crippen molar-refractivity contribution >= 4 is 17.6 Å². The minimum absolute atomic E-state index is 0.0584. The maximum Gasteiger partial charge on any atom is 0.224 e. The molecule has 3 N–H and O–H groups in total. The van der Waals surface area contributed by atoms with Crippen molar-refractivity contribution in [3.63, 3.8) is 0 Å². The molecule has 0 spiro atoms. The van der Waals surface area contributed by atoms with Gasteiger partial charge in [0.05, 0.1) is 19.8 Å². The van der Waals surface area contributed by atoms with Gasteiger partial charge < -0.3 is 20.7 Å². The van der Waals surface area contributed by atoms with Gasteiger partial charge in [-0.25, -0.2) is 4.99 Å². The zero-order chi connectivity index (χ0) is 22.5. The summed E-state index contributed by atoms with van der Waals surface area (Å²) in [7, 11) is 0. The molecule has 0 bridgehead atoms. The zero-order valence-corrected chi connectivity index (χ0v) is 19.7. The molecule has 174 valence electrons. The first kappa shape index (κ1) is 25.1. The van der Waals surface area contributed by atoms with Crippen molar-refractivity contribution in [3.8, 4) is 0 Å². The van der Waals surface area contributed by atoms with E-state index < -0.39 is 0 Å². The van der Waals surface area contributed by atoms with Gasteiger partial charge in [-0.1, -0.05) is 32.9 Å². The standard InChI is InChI=1S/C24H41N5O2/c1-5-7-23(30)28-21-10-8-20(9-11-21)17-26-24(25-6-2)27-18-22(16-19(3)4)29-12-14-31-15-13-29/h8-11,19,22H,5-7,12-18H2,1-4H3,(H,28,30)(H2,25,26,27). The van der Waals surface area contributed by atoms with Crippen LogP contribution in [0.15, 0.2) is 29.3 Å². The minimum atomic E-state index is 0.0584. The van der Waals surface area contributed by atoms with Crippen LogP contribution in [0.25, 0.3) is 0 Å². The predicted molar refractivity (Wildman–Crippen MR) is 128 cm³/mol. The van der Waals surface area contributed by atoms with Crippen LogP contribution in [0, 0.1) is 5.92 Å². The Balaban J connectivity index is 1.92. The highest BCUT2D eigenvalue weighted by Gasteiger charge is 2.22. The van der Waals surface area contributed by atoms with Gasteiger partial charge in [0.25, 0.3) is 0 Å². The van der Waals surface area contributed by atoms with Gasteiger partial charge in [0, 0.05) is 44.3 Å². The monoisotopic (exact) mass is 431 g/mol. The number of anilines is 1. The normalized spacial score (nSPS) is 16.2. The first-order valence-corrected chi connectivity index (χ1v) is 11.7. The average Bonchev–Trinajstić information content (AvgIpc) is 2.76. The van der Waals surface area contributed by atoms with E-state index in [2.05, 4.69) is 41.6 Å². The molecule has 0 radical (unpaired) electrons. The van der Waals surface area contributed by atoms with E-state index in [1.54, 1.807) is 0 Å². The molecule has 1 aromatic rings. The Hall–Kier alpha value is -2.12. The Morgan fingerprint density at radius 3 is 2.45 bits per heavy atom. The molecule has 1 aliphatic heterocycles. The number of nitrogens with one attached hydrogen (secondary N) is 3. The number of carbonyl (C=O) groups excluding carboxylic acids is 1. The Bertz CT molecular complexity index is 669. The molecule has 7 nitrogen and oxygen atoms in total. The van der Waals surface area contributed by atoms with Crippen LogP contribution in [0.4, 0.5) is 5.69 Å². The summed E-state index contributed by atoms with van der Waals surface area (Å²) in [5.41, 5.74) is 1.94. The average molecular weight is 432 g/mol. The van der Waals surface area contributed by atoms with Gasteiger partial charge >= 0.3 is 0 Å². The number of benzene rings is 1. The van der Waals surface area contributed by atoms with Crippen molar-refractivity contribution < 1.29 is 9.53 Å². The first-order chi connectivity index (χ1) is 15.0. The lowest BCUT2D eigenvalue weighted by Gasteiger charge is -2.35. The summed E-state index contributed by atoms with van der Waals surface area (Å²) in [6.45, 7) is 14.5. The number of hydrogen-bond acceptors (Lipinski definition) is 4. The highest BCUT2D eigenvalue weighted by atomic mass is 16.5. The van der Waals surface area contributed by atoms with Gasteiger partial charge in [-0.3, -0.25) is 9.69 Å². The van der Waals surface area contributed by atoms with Crippen LogP contribution in [-0.2, 0) is 16.1 Å². The Morgan fingerprint density at radius 2 is 1.84 bits per heavy atom. The summed E-state index contributed by atoms with van der Waals surface area (Å²) in [5, 5.41) is 9.82. The van der Waals surface area contributed by atoms with Crippen molar-refractivity contribution in [1.29, 1.82) is 0 Å². The number of hydrogen-bond donors (Lipinski definition) is 3. The van der Waals surface area contributed by atoms with Crippen LogP contribution >= 0.6 is 0 Å². The number of guanidine groups is 1. The molecule has 0 aliphatic carbocycles. The van der Waals surface area contributed by atoms with Crippen LogP contribution in [0.2, 0.25) is 0 Å². The molecule has 1 saturated heterocycles. The molecule has 1 fully saturated rings. The van der Waals surface area contributed by atoms with Gasteiger partial charge in [0.1, 0.15) is 0 Å². The van der Waals surface area contributed by atoms with Crippen LogP contribution < -0.4 is 16.0 Å². The van der Waals surface area contributed by atoms with E-state index >= 15 is 0 Å². The Labute approximate surface area is 188 Å². The van der Waals surface area contributed by atoms with Crippen LogP contribution in [0.3, 0.4) is 0 Å². The molecule has 31 heavy (non-hydrogen) atoms. The second-order valence-electron chi connectivity index (χ2n) is 8.50. The molecule has 1 heterocycles. The lowest BCUT2D eigenvalue weighted by Crippen LogP contribution is -2.51. The van der Waals surface area contributed by atoms with Gasteiger partial charge in [-0.05, 0) is 43.4 Å². The number of rotatable bonds is 11. The lowest BCUT2D eigenvalue weighted by molar-refractivity contribution is -0.116. The van der Waals surface area contributed by atoms with Gasteiger partial charge in [-0.2, -0.15) is 0 Å². The van der Waals surface area contributed by atoms with Crippen LogP contribution in [0.5, 0.6) is 0 Å². The summed E-state index contributed by atoms with van der Waals surface area (Å²) in [6.07, 6.45) is 2.55. The zero-order valence-electron chi connectivity index (χ0n) is 19.7. The number of amides is 1. The number of carbonyl (C=O) groups is 1. The van der Waals surface area contributed by atoms with Crippen LogP contribution in [0.1, 0.15) is 52.5 Å². The fraction of sp³-hybridized carbons (Fsp3) is 0.667. The number of ether oxygens (including phenoxy) is 1. The third-order valence-electron chi connectivity index (χ3n) is 5.29. The molecule has 1 aliphatic rings. The van der Waals surface area contributed by atoms with E-state index in [-0.39, 0.29) is 5.91 Å². The molecule has 1 aromatic carbocycles. The Morgan fingerprint density at radius 1 is 1.13 bits per heavy atom. The molecular weight excluding hydrogens is 390 g/mol. The van der Waals surface area contributed by atoms with Crippen molar-refractivity contribution in [2.24, 2.45) is 10.9 Å². The number of morpholine rings is 1. The largest absolute Gasteiger partial charge is 0.379 e. The van der Waals surface area contributed by atoms with E-state index in [0.29, 0.717) is 24.9 Å². The molecule has 1 amide bonds. The SMILES string of the molecule is CCCC(=O)Nc1ccc(CN=C(NCC)NCC(CC(C)C)N2CCOCC2)cc1. The second kappa shape index (κ2) is 14.0. The quantitative estimate of drug-likeness (QED) is 0.370. The number of nitrogens with zero attached hydrogens (tertiary/aromatic N) is 2. The summed E-state index contributed by atoms with van der Waals surface area (Å²) in [5.74, 6) is 1.54. The lowest BCUT2D eigenvalue weighted by atomic mass is 10.0. The van der Waals surface area contributed by atoms with E-state index in [0.717, 1.165) is 69.4 Å². The van der Waals surface area contributed by atoms with E-state index in [9.17, 15) is 4.79 Å². The fourth-order valence-electron chi connectivity index (χ4n) is 3.72. The van der Waals surface area contributed by atoms with E-state index in [4.69, 9.17) is 9.73 Å². The van der Waals surface area contributed by atoms with Crippen molar-refractivity contribution in [3.05, 3.63) is 29.8 Å². The summed E-state index contributed by atoms with van der Waals surface area (Å²) in [4.78, 5) is 19.0. The fourth-order valence-corrected chi connectivity index (χ4v) is 3.72. The number of aliphatic imine (C=N–C) groups is 1. The van der Waals surface area contributed by atoms with Crippen molar-refractivity contribution in [2.75, 3.05) is 44.7 Å². The van der Waals surface area contributed by atoms with Gasteiger partial charge in [0.15, 0.2) is 5.96 Å². The molecule has 1 atom stereocenters.